The Kier molecular flexibility index (Phi) is 8.01. The van der Waals surface area contributed by atoms with Gasteiger partial charge in [-0.1, -0.05) is 25.1 Å². The van der Waals surface area contributed by atoms with Crippen molar-refractivity contribution in [3.05, 3.63) is 52.0 Å². The van der Waals surface area contributed by atoms with Gasteiger partial charge in [0.15, 0.2) is 11.5 Å². The molecule has 0 aliphatic heterocycles. The molecule has 0 unspecified atom stereocenters. The Morgan fingerprint density at radius 2 is 1.79 bits per heavy atom. The van der Waals surface area contributed by atoms with Crippen LogP contribution in [0.1, 0.15) is 24.5 Å². The predicted octanol–water partition coefficient (Wildman–Crippen LogP) is 3.51. The van der Waals surface area contributed by atoms with Crippen LogP contribution < -0.4 is 20.2 Å². The Labute approximate surface area is 172 Å². The molecule has 0 saturated heterocycles. The highest BCUT2D eigenvalue weighted by molar-refractivity contribution is 9.10. The van der Waals surface area contributed by atoms with E-state index < -0.39 is 11.8 Å². The number of anilines is 1. The van der Waals surface area contributed by atoms with Gasteiger partial charge in [-0.15, -0.1) is 0 Å². The van der Waals surface area contributed by atoms with Crippen LogP contribution in [-0.4, -0.2) is 32.2 Å². The highest BCUT2D eigenvalue weighted by Crippen LogP contribution is 2.32. The number of benzene rings is 2. The first-order valence-electron chi connectivity index (χ1n) is 8.59. The zero-order chi connectivity index (χ0) is 20.5. The maximum Gasteiger partial charge on any atom is 0.249 e. The largest absolute Gasteiger partial charge is 0.493 e. The summed E-state index contributed by atoms with van der Waals surface area (Å²) in [5.41, 5.74) is 4.74. The zero-order valence-corrected chi connectivity index (χ0v) is 17.5. The molecule has 28 heavy (non-hydrogen) atoms. The lowest BCUT2D eigenvalue weighted by atomic mass is 10.1. The van der Waals surface area contributed by atoms with Crippen LogP contribution in [0.3, 0.4) is 0 Å². The molecule has 7 nitrogen and oxygen atoms in total. The highest BCUT2D eigenvalue weighted by atomic mass is 79.9. The number of carbonyl (C=O) groups excluding carboxylic acids is 2. The van der Waals surface area contributed by atoms with E-state index in [9.17, 15) is 9.59 Å². The Bertz CT molecular complexity index is 884. The summed E-state index contributed by atoms with van der Waals surface area (Å²) in [7, 11) is 3.08. The van der Waals surface area contributed by atoms with Gasteiger partial charge in [-0.25, -0.2) is 5.43 Å². The Morgan fingerprint density at radius 1 is 1.11 bits per heavy atom. The second-order valence-electron chi connectivity index (χ2n) is 5.76. The number of carbonyl (C=O) groups is 2. The molecule has 148 valence electrons. The molecular weight excluding hydrogens is 426 g/mol. The van der Waals surface area contributed by atoms with Crippen LogP contribution in [0, 0.1) is 0 Å². The number of aryl methyl sites for hydroxylation is 1. The van der Waals surface area contributed by atoms with Gasteiger partial charge in [0.05, 0.1) is 20.4 Å². The molecule has 2 N–H and O–H groups in total. The van der Waals surface area contributed by atoms with E-state index in [-0.39, 0.29) is 6.42 Å². The number of nitrogens with zero attached hydrogens (tertiary/aromatic N) is 1. The van der Waals surface area contributed by atoms with E-state index in [1.54, 1.807) is 25.3 Å². The molecule has 0 atom stereocenters. The maximum absolute atomic E-state index is 12.1. The molecule has 0 saturated carbocycles. The van der Waals surface area contributed by atoms with E-state index >= 15 is 0 Å². The van der Waals surface area contributed by atoms with Crippen molar-refractivity contribution in [3.8, 4) is 11.5 Å². The summed E-state index contributed by atoms with van der Waals surface area (Å²) in [4.78, 5) is 24.0. The fraction of sp³-hybridized carbons (Fsp3) is 0.250. The first-order valence-corrected chi connectivity index (χ1v) is 9.39. The van der Waals surface area contributed by atoms with Crippen molar-refractivity contribution in [1.82, 2.24) is 5.43 Å². The molecule has 0 bridgehead atoms. The maximum atomic E-state index is 12.1. The van der Waals surface area contributed by atoms with Gasteiger partial charge >= 0.3 is 0 Å². The molecular formula is C20H22BrN3O4. The van der Waals surface area contributed by atoms with Crippen molar-refractivity contribution < 1.29 is 19.1 Å². The molecule has 2 aromatic rings. The molecule has 2 aromatic carbocycles. The Hall–Kier alpha value is -2.87. The van der Waals surface area contributed by atoms with Gasteiger partial charge in [-0.2, -0.15) is 5.10 Å². The molecule has 8 heteroatoms. The number of rotatable bonds is 8. The normalized spacial score (nSPS) is 10.6. The third-order valence-corrected chi connectivity index (χ3v) is 4.58. The number of para-hydroxylation sites is 1. The van der Waals surface area contributed by atoms with Crippen LogP contribution in [0.15, 0.2) is 46.0 Å². The Morgan fingerprint density at radius 3 is 2.46 bits per heavy atom. The van der Waals surface area contributed by atoms with E-state index in [0.717, 1.165) is 16.5 Å². The van der Waals surface area contributed by atoms with E-state index in [2.05, 4.69) is 31.8 Å². The van der Waals surface area contributed by atoms with Crippen molar-refractivity contribution in [2.45, 2.75) is 19.8 Å². The van der Waals surface area contributed by atoms with Crippen molar-refractivity contribution in [2.24, 2.45) is 5.10 Å². The van der Waals surface area contributed by atoms with Crippen LogP contribution in [0.2, 0.25) is 0 Å². The van der Waals surface area contributed by atoms with Gasteiger partial charge in [0, 0.05) is 15.7 Å². The average molecular weight is 448 g/mol. The van der Waals surface area contributed by atoms with Crippen LogP contribution in [0.4, 0.5) is 5.69 Å². The number of hydrogen-bond donors (Lipinski definition) is 2. The molecule has 2 amide bonds. The summed E-state index contributed by atoms with van der Waals surface area (Å²) in [5, 5.41) is 6.64. The number of hydrogen-bond acceptors (Lipinski definition) is 5. The van der Waals surface area contributed by atoms with Gasteiger partial charge in [-0.05, 0) is 46.1 Å². The van der Waals surface area contributed by atoms with Crippen molar-refractivity contribution in [2.75, 3.05) is 19.5 Å². The first kappa shape index (κ1) is 21.4. The lowest BCUT2D eigenvalue weighted by molar-refractivity contribution is -0.126. The van der Waals surface area contributed by atoms with E-state index in [1.165, 1.54) is 13.3 Å². The summed E-state index contributed by atoms with van der Waals surface area (Å²) in [6, 6.07) is 10.9. The Balaban J connectivity index is 1.94. The third-order valence-electron chi connectivity index (χ3n) is 3.89. The SMILES string of the molecule is CCc1ccccc1NC(=O)CC(=O)NN=Cc1cc(OC)c(OC)cc1Br. The van der Waals surface area contributed by atoms with Crippen LogP contribution >= 0.6 is 15.9 Å². The first-order chi connectivity index (χ1) is 13.5. The van der Waals surface area contributed by atoms with Crippen molar-refractivity contribution in [3.63, 3.8) is 0 Å². The van der Waals surface area contributed by atoms with E-state index in [4.69, 9.17) is 9.47 Å². The number of ether oxygens (including phenoxy) is 2. The van der Waals surface area contributed by atoms with Gasteiger partial charge in [0.1, 0.15) is 6.42 Å². The smallest absolute Gasteiger partial charge is 0.249 e. The lowest BCUT2D eigenvalue weighted by Gasteiger charge is -2.10. The second kappa shape index (κ2) is 10.5. The summed E-state index contributed by atoms with van der Waals surface area (Å²) in [6.45, 7) is 2.00. The van der Waals surface area contributed by atoms with Crippen LogP contribution in [-0.2, 0) is 16.0 Å². The predicted molar refractivity (Wildman–Crippen MR) is 112 cm³/mol. The minimum absolute atomic E-state index is 0.331. The summed E-state index contributed by atoms with van der Waals surface area (Å²) >= 11 is 3.41. The standard InChI is InChI=1S/C20H22BrN3O4/c1-4-13-7-5-6-8-16(13)23-19(25)11-20(26)24-22-12-14-9-17(27-2)18(28-3)10-15(14)21/h5-10,12H,4,11H2,1-3H3,(H,23,25)(H,24,26). The number of hydrazone groups is 1. The lowest BCUT2D eigenvalue weighted by Crippen LogP contribution is -2.25. The summed E-state index contributed by atoms with van der Waals surface area (Å²) < 4.78 is 11.2. The fourth-order valence-electron chi connectivity index (χ4n) is 2.47. The fourth-order valence-corrected chi connectivity index (χ4v) is 2.90. The monoisotopic (exact) mass is 447 g/mol. The summed E-state index contributed by atoms with van der Waals surface area (Å²) in [5.74, 6) is 0.187. The van der Waals surface area contributed by atoms with Gasteiger partial charge in [-0.3, -0.25) is 9.59 Å². The number of nitrogens with one attached hydrogen (secondary N) is 2. The van der Waals surface area contributed by atoms with Crippen LogP contribution in [0.25, 0.3) is 0 Å². The van der Waals surface area contributed by atoms with Crippen molar-refractivity contribution >= 4 is 39.6 Å². The average Bonchev–Trinajstić information content (AvgIpc) is 2.69. The zero-order valence-electron chi connectivity index (χ0n) is 15.9. The molecule has 0 aromatic heterocycles. The third kappa shape index (κ3) is 5.82. The summed E-state index contributed by atoms with van der Waals surface area (Å²) in [6.07, 6.45) is 1.91. The highest BCUT2D eigenvalue weighted by Gasteiger charge is 2.11. The molecule has 0 aliphatic rings. The molecule has 2 rings (SSSR count). The van der Waals surface area contributed by atoms with E-state index in [1.807, 2.05) is 25.1 Å². The van der Waals surface area contributed by atoms with Gasteiger partial charge in [0.25, 0.3) is 0 Å². The molecule has 0 radical (unpaired) electrons. The minimum Gasteiger partial charge on any atom is -0.493 e. The van der Waals surface area contributed by atoms with Gasteiger partial charge in [0.2, 0.25) is 11.8 Å². The quantitative estimate of drug-likeness (QED) is 0.368. The van der Waals surface area contributed by atoms with Crippen LogP contribution in [0.5, 0.6) is 11.5 Å². The van der Waals surface area contributed by atoms with E-state index in [0.29, 0.717) is 22.7 Å². The topological polar surface area (TPSA) is 89.0 Å². The van der Waals surface area contributed by atoms with Gasteiger partial charge < -0.3 is 14.8 Å². The molecule has 0 aliphatic carbocycles. The molecule has 0 fully saturated rings. The molecule has 0 heterocycles. The number of methoxy groups -OCH3 is 2. The number of halogens is 1. The molecule has 0 spiro atoms. The van der Waals surface area contributed by atoms with Crippen molar-refractivity contribution in [1.29, 1.82) is 0 Å². The number of amides is 2. The minimum atomic E-state index is -0.515. The second-order valence-corrected chi connectivity index (χ2v) is 6.61.